The molecule has 1 atom stereocenters. The van der Waals surface area contributed by atoms with E-state index < -0.39 is 0 Å². The van der Waals surface area contributed by atoms with Gasteiger partial charge in [-0.25, -0.2) is 0 Å². The summed E-state index contributed by atoms with van der Waals surface area (Å²) in [6.07, 6.45) is 0.535. The summed E-state index contributed by atoms with van der Waals surface area (Å²) >= 11 is 18.2. The van der Waals surface area contributed by atoms with E-state index in [0.717, 1.165) is 5.56 Å². The molecule has 2 rings (SSSR count). The smallest absolute Gasteiger partial charge is 0.251 e. The Balaban J connectivity index is 2.06. The van der Waals surface area contributed by atoms with Gasteiger partial charge in [0.2, 0.25) is 0 Å². The second-order valence-corrected chi connectivity index (χ2v) is 6.04. The fourth-order valence-corrected chi connectivity index (χ4v) is 2.99. The Labute approximate surface area is 139 Å². The van der Waals surface area contributed by atoms with Crippen molar-refractivity contribution in [1.82, 2.24) is 5.32 Å². The van der Waals surface area contributed by atoms with Gasteiger partial charge in [-0.2, -0.15) is 0 Å². The van der Waals surface area contributed by atoms with Gasteiger partial charge >= 0.3 is 0 Å². The summed E-state index contributed by atoms with van der Waals surface area (Å²) in [4.78, 5) is 12.1. The monoisotopic (exact) mass is 341 g/mol. The van der Waals surface area contributed by atoms with Crippen molar-refractivity contribution in [2.75, 3.05) is 0 Å². The molecule has 0 spiro atoms. The summed E-state index contributed by atoms with van der Waals surface area (Å²) in [6, 6.07) is 12.3. The normalized spacial score (nSPS) is 12.0. The molecule has 0 heterocycles. The number of halogens is 3. The minimum Gasteiger partial charge on any atom is -0.349 e. The first-order chi connectivity index (χ1) is 9.97. The maximum atomic E-state index is 12.1. The summed E-state index contributed by atoms with van der Waals surface area (Å²) in [7, 11) is 0. The molecule has 2 aromatic rings. The number of nitrogens with one attached hydrogen (secondary N) is 1. The first-order valence-corrected chi connectivity index (χ1v) is 7.60. The summed E-state index contributed by atoms with van der Waals surface area (Å²) in [5.41, 5.74) is 1.40. The molecule has 1 amide bonds. The number of benzene rings is 2. The fraction of sp³-hybridized carbons (Fsp3) is 0.188. The molecule has 0 aliphatic heterocycles. The molecule has 0 aromatic heterocycles. The Morgan fingerprint density at radius 2 is 1.67 bits per heavy atom. The highest BCUT2D eigenvalue weighted by atomic mass is 35.5. The zero-order chi connectivity index (χ0) is 15.4. The number of amides is 1. The Morgan fingerprint density at radius 3 is 2.24 bits per heavy atom. The minimum absolute atomic E-state index is 0.103. The van der Waals surface area contributed by atoms with Crippen molar-refractivity contribution in [3.05, 3.63) is 68.7 Å². The Hall–Kier alpha value is -1.22. The van der Waals surface area contributed by atoms with Gasteiger partial charge in [0.15, 0.2) is 0 Å². The number of carbonyl (C=O) groups excluding carboxylic acids is 1. The number of rotatable bonds is 4. The van der Waals surface area contributed by atoms with E-state index in [9.17, 15) is 4.79 Å². The molecule has 0 saturated heterocycles. The van der Waals surface area contributed by atoms with Crippen molar-refractivity contribution in [2.45, 2.75) is 19.4 Å². The highest BCUT2D eigenvalue weighted by Crippen LogP contribution is 2.29. The van der Waals surface area contributed by atoms with Crippen LogP contribution in [0.4, 0.5) is 0 Å². The SMILES string of the molecule is C[C@@H](Cc1c(Cl)cc(Cl)cc1Cl)NC(=O)c1ccccc1. The lowest BCUT2D eigenvalue weighted by atomic mass is 10.1. The van der Waals surface area contributed by atoms with E-state index in [1.165, 1.54) is 0 Å². The lowest BCUT2D eigenvalue weighted by Crippen LogP contribution is -2.34. The van der Waals surface area contributed by atoms with Crippen LogP contribution in [0.3, 0.4) is 0 Å². The first-order valence-electron chi connectivity index (χ1n) is 6.46. The Bertz CT molecular complexity index is 620. The lowest BCUT2D eigenvalue weighted by Gasteiger charge is -2.16. The van der Waals surface area contributed by atoms with Crippen molar-refractivity contribution >= 4 is 40.7 Å². The molecule has 0 bridgehead atoms. The van der Waals surface area contributed by atoms with Gasteiger partial charge in [-0.05, 0) is 43.2 Å². The van der Waals surface area contributed by atoms with E-state index in [1.54, 1.807) is 24.3 Å². The van der Waals surface area contributed by atoms with Gasteiger partial charge in [0.05, 0.1) is 0 Å². The van der Waals surface area contributed by atoms with E-state index in [2.05, 4.69) is 5.32 Å². The van der Waals surface area contributed by atoms with Crippen LogP contribution in [0.5, 0.6) is 0 Å². The molecule has 0 aliphatic carbocycles. The third kappa shape index (κ3) is 4.37. The van der Waals surface area contributed by atoms with E-state index in [0.29, 0.717) is 27.1 Å². The summed E-state index contributed by atoms with van der Waals surface area (Å²) < 4.78 is 0. The van der Waals surface area contributed by atoms with Crippen LogP contribution in [0.25, 0.3) is 0 Å². The molecule has 0 saturated carbocycles. The molecule has 0 fully saturated rings. The van der Waals surface area contributed by atoms with Crippen LogP contribution in [-0.2, 0) is 6.42 Å². The van der Waals surface area contributed by atoms with Crippen LogP contribution in [0.1, 0.15) is 22.8 Å². The average Bonchev–Trinajstić information content (AvgIpc) is 2.43. The highest BCUT2D eigenvalue weighted by Gasteiger charge is 2.14. The lowest BCUT2D eigenvalue weighted by molar-refractivity contribution is 0.0940. The van der Waals surface area contributed by atoms with E-state index in [1.807, 2.05) is 25.1 Å². The predicted molar refractivity (Wildman–Crippen MR) is 88.5 cm³/mol. The van der Waals surface area contributed by atoms with Crippen molar-refractivity contribution < 1.29 is 4.79 Å². The molecule has 5 heteroatoms. The quantitative estimate of drug-likeness (QED) is 0.831. The zero-order valence-electron chi connectivity index (χ0n) is 11.4. The maximum Gasteiger partial charge on any atom is 0.251 e. The van der Waals surface area contributed by atoms with Crippen LogP contribution in [0.15, 0.2) is 42.5 Å². The zero-order valence-corrected chi connectivity index (χ0v) is 13.6. The van der Waals surface area contributed by atoms with Crippen LogP contribution in [-0.4, -0.2) is 11.9 Å². The molecule has 2 aromatic carbocycles. The average molecular weight is 343 g/mol. The van der Waals surface area contributed by atoms with Gasteiger partial charge in [0.25, 0.3) is 5.91 Å². The highest BCUT2D eigenvalue weighted by molar-refractivity contribution is 6.39. The molecule has 0 aliphatic rings. The summed E-state index contributed by atoms with van der Waals surface area (Å²) in [5.74, 6) is -0.121. The Morgan fingerprint density at radius 1 is 1.10 bits per heavy atom. The van der Waals surface area contributed by atoms with E-state index >= 15 is 0 Å². The molecule has 2 nitrogen and oxygen atoms in total. The topological polar surface area (TPSA) is 29.1 Å². The van der Waals surface area contributed by atoms with Crippen LogP contribution in [0.2, 0.25) is 15.1 Å². The second-order valence-electron chi connectivity index (χ2n) is 4.79. The van der Waals surface area contributed by atoms with Gasteiger partial charge in [-0.3, -0.25) is 4.79 Å². The molecule has 110 valence electrons. The van der Waals surface area contributed by atoms with Crippen molar-refractivity contribution in [3.8, 4) is 0 Å². The molecule has 0 unspecified atom stereocenters. The van der Waals surface area contributed by atoms with Gasteiger partial charge in [-0.15, -0.1) is 0 Å². The number of hydrogen-bond donors (Lipinski definition) is 1. The third-order valence-corrected chi connectivity index (χ3v) is 3.92. The number of carbonyl (C=O) groups is 1. The molecular formula is C16H14Cl3NO. The predicted octanol–water partition coefficient (Wildman–Crippen LogP) is 5.01. The third-order valence-electron chi connectivity index (χ3n) is 3.03. The maximum absolute atomic E-state index is 12.1. The van der Waals surface area contributed by atoms with Gasteiger partial charge in [-0.1, -0.05) is 53.0 Å². The van der Waals surface area contributed by atoms with Crippen molar-refractivity contribution in [2.24, 2.45) is 0 Å². The minimum atomic E-state index is -0.121. The van der Waals surface area contributed by atoms with Crippen LogP contribution in [0, 0.1) is 0 Å². The second kappa shape index (κ2) is 7.17. The van der Waals surface area contributed by atoms with Crippen LogP contribution < -0.4 is 5.32 Å². The van der Waals surface area contributed by atoms with Crippen LogP contribution >= 0.6 is 34.8 Å². The standard InChI is InChI=1S/C16H14Cl3NO/c1-10(20-16(21)11-5-3-2-4-6-11)7-13-14(18)8-12(17)9-15(13)19/h2-6,8-10H,7H2,1H3,(H,20,21)/t10-/m0/s1. The summed E-state index contributed by atoms with van der Waals surface area (Å²) in [5, 5.41) is 4.44. The number of hydrogen-bond acceptors (Lipinski definition) is 1. The summed E-state index contributed by atoms with van der Waals surface area (Å²) in [6.45, 7) is 1.90. The van der Waals surface area contributed by atoms with Gasteiger partial charge in [0, 0.05) is 26.7 Å². The van der Waals surface area contributed by atoms with E-state index in [4.69, 9.17) is 34.8 Å². The molecule has 21 heavy (non-hydrogen) atoms. The first kappa shape index (κ1) is 16.2. The largest absolute Gasteiger partial charge is 0.349 e. The molecule has 1 N–H and O–H groups in total. The molecule has 0 radical (unpaired) electrons. The van der Waals surface area contributed by atoms with Crippen molar-refractivity contribution in [1.29, 1.82) is 0 Å². The van der Waals surface area contributed by atoms with E-state index in [-0.39, 0.29) is 11.9 Å². The molecular weight excluding hydrogens is 329 g/mol. The Kier molecular flexibility index (Phi) is 5.51. The fourth-order valence-electron chi connectivity index (χ4n) is 2.02. The van der Waals surface area contributed by atoms with Crippen molar-refractivity contribution in [3.63, 3.8) is 0 Å². The van der Waals surface area contributed by atoms with Gasteiger partial charge < -0.3 is 5.32 Å². The van der Waals surface area contributed by atoms with Gasteiger partial charge in [0.1, 0.15) is 0 Å².